The smallest absolute Gasteiger partial charge is 0.307 e. The van der Waals surface area contributed by atoms with Crippen LogP contribution in [0.2, 0.25) is 0 Å². The minimum absolute atomic E-state index is 0.237. The van der Waals surface area contributed by atoms with Crippen molar-refractivity contribution in [3.8, 4) is 5.75 Å². The van der Waals surface area contributed by atoms with Crippen molar-refractivity contribution in [3.05, 3.63) is 41.0 Å². The maximum absolute atomic E-state index is 11.3. The van der Waals surface area contributed by atoms with Gasteiger partial charge in [-0.05, 0) is 49.4 Å². The van der Waals surface area contributed by atoms with E-state index in [0.29, 0.717) is 37.1 Å². The van der Waals surface area contributed by atoms with Crippen molar-refractivity contribution in [3.63, 3.8) is 0 Å². The van der Waals surface area contributed by atoms with Gasteiger partial charge in [-0.25, -0.2) is 0 Å². The number of carbonyl (C=O) groups is 1. The van der Waals surface area contributed by atoms with Gasteiger partial charge in [-0.15, -0.1) is 0 Å². The van der Waals surface area contributed by atoms with E-state index in [1.54, 1.807) is 0 Å². The Morgan fingerprint density at radius 2 is 2.04 bits per heavy atom. The van der Waals surface area contributed by atoms with Gasteiger partial charge in [-0.3, -0.25) is 9.69 Å². The van der Waals surface area contributed by atoms with Crippen LogP contribution in [0, 0.1) is 25.7 Å². The zero-order valence-electron chi connectivity index (χ0n) is 15.4. The molecule has 0 aliphatic carbocycles. The highest BCUT2D eigenvalue weighted by atomic mass is 16.5. The summed E-state index contributed by atoms with van der Waals surface area (Å²) in [5.74, 6) is 1.01. The van der Waals surface area contributed by atoms with Crippen molar-refractivity contribution < 1.29 is 19.2 Å². The van der Waals surface area contributed by atoms with E-state index in [0.717, 1.165) is 23.4 Å². The van der Waals surface area contributed by atoms with E-state index in [4.69, 9.17) is 9.26 Å². The predicted octanol–water partition coefficient (Wildman–Crippen LogP) is 2.81. The van der Waals surface area contributed by atoms with Crippen LogP contribution in [0.4, 0.5) is 0 Å². The van der Waals surface area contributed by atoms with Gasteiger partial charge in [-0.2, -0.15) is 4.98 Å². The van der Waals surface area contributed by atoms with Crippen LogP contribution in [0.15, 0.2) is 22.7 Å². The molecule has 2 atom stereocenters. The second kappa shape index (κ2) is 7.86. The lowest BCUT2D eigenvalue weighted by atomic mass is 9.90. The largest absolute Gasteiger partial charge is 0.485 e. The van der Waals surface area contributed by atoms with Gasteiger partial charge < -0.3 is 14.4 Å². The topological polar surface area (TPSA) is 88.7 Å². The van der Waals surface area contributed by atoms with Crippen molar-refractivity contribution >= 4 is 5.97 Å². The molecule has 0 spiro atoms. The van der Waals surface area contributed by atoms with Crippen LogP contribution in [0.5, 0.6) is 5.75 Å². The molecule has 1 aromatic heterocycles. The lowest BCUT2D eigenvalue weighted by molar-refractivity contribution is -0.144. The highest BCUT2D eigenvalue weighted by Crippen LogP contribution is 2.23. The van der Waals surface area contributed by atoms with Crippen LogP contribution in [0.1, 0.15) is 36.2 Å². The number of carboxylic acids is 1. The third kappa shape index (κ3) is 4.82. The van der Waals surface area contributed by atoms with Gasteiger partial charge in [0.25, 0.3) is 0 Å². The lowest BCUT2D eigenvalue weighted by Gasteiger charge is -2.33. The van der Waals surface area contributed by atoms with Gasteiger partial charge in [0.15, 0.2) is 6.61 Å². The molecule has 2 aromatic rings. The van der Waals surface area contributed by atoms with Crippen LogP contribution in [0.25, 0.3) is 0 Å². The number of nitrogens with zero attached hydrogens (tertiary/aromatic N) is 3. The fraction of sp³-hybridized carbons (Fsp3) is 0.526. The van der Waals surface area contributed by atoms with Gasteiger partial charge in [0, 0.05) is 13.1 Å². The number of aliphatic carboxylic acids is 1. The molecule has 2 heterocycles. The second-order valence-electron chi connectivity index (χ2n) is 7.29. The number of ether oxygens (including phenoxy) is 1. The molecule has 0 amide bonds. The number of likely N-dealkylation sites (tertiary alicyclic amines) is 1. The Hall–Kier alpha value is -2.41. The number of rotatable bonds is 6. The Morgan fingerprint density at radius 1 is 1.31 bits per heavy atom. The Morgan fingerprint density at radius 3 is 2.73 bits per heavy atom. The van der Waals surface area contributed by atoms with Gasteiger partial charge in [-0.1, -0.05) is 18.1 Å². The Bertz CT molecular complexity index is 754. The SMILES string of the molecule is Cc1cc(C)cc(OCc2noc(CN3CC(C)CC(C(=O)O)C3)n2)c1. The molecule has 1 N–H and O–H groups in total. The molecule has 1 aromatic carbocycles. The van der Waals surface area contributed by atoms with Crippen molar-refractivity contribution in [1.82, 2.24) is 15.0 Å². The monoisotopic (exact) mass is 359 g/mol. The van der Waals surface area contributed by atoms with Crippen molar-refractivity contribution in [2.75, 3.05) is 13.1 Å². The molecule has 3 rings (SSSR count). The molecule has 0 bridgehead atoms. The first kappa shape index (κ1) is 18.4. The number of piperidine rings is 1. The molecule has 1 fully saturated rings. The number of aryl methyl sites for hydroxylation is 2. The maximum Gasteiger partial charge on any atom is 0.307 e. The van der Waals surface area contributed by atoms with E-state index < -0.39 is 5.97 Å². The van der Waals surface area contributed by atoms with Crippen LogP contribution in [0.3, 0.4) is 0 Å². The van der Waals surface area contributed by atoms with Crippen molar-refractivity contribution in [2.24, 2.45) is 11.8 Å². The molecule has 0 saturated carbocycles. The summed E-state index contributed by atoms with van der Waals surface area (Å²) >= 11 is 0. The number of aromatic nitrogens is 2. The summed E-state index contributed by atoms with van der Waals surface area (Å²) in [7, 11) is 0. The van der Waals surface area contributed by atoms with E-state index in [-0.39, 0.29) is 12.5 Å². The minimum Gasteiger partial charge on any atom is -0.485 e. The van der Waals surface area contributed by atoms with E-state index in [1.807, 2.05) is 26.0 Å². The van der Waals surface area contributed by atoms with Gasteiger partial charge in [0.05, 0.1) is 12.5 Å². The van der Waals surface area contributed by atoms with E-state index >= 15 is 0 Å². The lowest BCUT2D eigenvalue weighted by Crippen LogP contribution is -2.42. The van der Waals surface area contributed by atoms with Crippen LogP contribution >= 0.6 is 0 Å². The van der Waals surface area contributed by atoms with Crippen molar-refractivity contribution in [1.29, 1.82) is 0 Å². The van der Waals surface area contributed by atoms with Crippen molar-refractivity contribution in [2.45, 2.75) is 40.3 Å². The first-order valence-electron chi connectivity index (χ1n) is 8.86. The maximum atomic E-state index is 11.3. The molecule has 2 unspecified atom stereocenters. The molecule has 7 heteroatoms. The molecule has 1 aliphatic heterocycles. The highest BCUT2D eigenvalue weighted by molar-refractivity contribution is 5.70. The normalized spacial score (nSPS) is 20.9. The van der Waals surface area contributed by atoms with Gasteiger partial charge >= 0.3 is 5.97 Å². The zero-order valence-corrected chi connectivity index (χ0v) is 15.4. The number of hydrogen-bond acceptors (Lipinski definition) is 6. The Labute approximate surface area is 153 Å². The third-order valence-electron chi connectivity index (χ3n) is 4.52. The summed E-state index contributed by atoms with van der Waals surface area (Å²) in [6.07, 6.45) is 0.713. The Kier molecular flexibility index (Phi) is 5.56. The number of benzene rings is 1. The number of hydrogen-bond donors (Lipinski definition) is 1. The molecule has 0 radical (unpaired) electrons. The number of carboxylic acid groups (broad SMARTS) is 1. The van der Waals surface area contributed by atoms with Gasteiger partial charge in [0.1, 0.15) is 5.75 Å². The quantitative estimate of drug-likeness (QED) is 0.848. The van der Waals surface area contributed by atoms with Crippen LogP contribution in [-0.4, -0.2) is 39.2 Å². The average Bonchev–Trinajstić information content (AvgIpc) is 2.99. The summed E-state index contributed by atoms with van der Waals surface area (Å²) in [6.45, 7) is 8.16. The van der Waals surface area contributed by atoms with Crippen LogP contribution in [-0.2, 0) is 17.9 Å². The molecule has 1 saturated heterocycles. The fourth-order valence-corrected chi connectivity index (χ4v) is 3.54. The highest BCUT2D eigenvalue weighted by Gasteiger charge is 2.30. The minimum atomic E-state index is -0.741. The summed E-state index contributed by atoms with van der Waals surface area (Å²) < 4.78 is 11.1. The fourth-order valence-electron chi connectivity index (χ4n) is 3.54. The predicted molar refractivity (Wildman–Crippen MR) is 94.7 cm³/mol. The van der Waals surface area contributed by atoms with E-state index in [1.165, 1.54) is 0 Å². The molecule has 1 aliphatic rings. The summed E-state index contributed by atoms with van der Waals surface area (Å²) in [5.41, 5.74) is 2.28. The zero-order chi connectivity index (χ0) is 18.7. The van der Waals surface area contributed by atoms with E-state index in [2.05, 4.69) is 28.0 Å². The van der Waals surface area contributed by atoms with E-state index in [9.17, 15) is 9.90 Å². The van der Waals surface area contributed by atoms with Gasteiger partial charge in [0.2, 0.25) is 11.7 Å². The molecular formula is C19H25N3O4. The second-order valence-corrected chi connectivity index (χ2v) is 7.29. The summed E-state index contributed by atoms with van der Waals surface area (Å²) in [4.78, 5) is 17.7. The molecule has 26 heavy (non-hydrogen) atoms. The first-order valence-corrected chi connectivity index (χ1v) is 8.86. The summed E-state index contributed by atoms with van der Waals surface area (Å²) in [5, 5.41) is 13.2. The Balaban J connectivity index is 1.56. The first-order chi connectivity index (χ1) is 12.4. The van der Waals surface area contributed by atoms with Crippen LogP contribution < -0.4 is 4.74 Å². The average molecular weight is 359 g/mol. The summed E-state index contributed by atoms with van der Waals surface area (Å²) in [6, 6.07) is 6.02. The standard InChI is InChI=1S/C19H25N3O4/c1-12-4-13(2)7-16(6-12)25-11-17-20-18(26-21-17)10-22-8-14(3)5-15(9-22)19(23)24/h4,6-7,14-15H,5,8-11H2,1-3H3,(H,23,24). The third-order valence-corrected chi connectivity index (χ3v) is 4.52. The molecular weight excluding hydrogens is 334 g/mol. The molecule has 140 valence electrons. The molecule has 7 nitrogen and oxygen atoms in total.